The van der Waals surface area contributed by atoms with Gasteiger partial charge in [0.15, 0.2) is 0 Å². The quantitative estimate of drug-likeness (QED) is 0.826. The lowest BCUT2D eigenvalue weighted by molar-refractivity contribution is 0.127. The summed E-state index contributed by atoms with van der Waals surface area (Å²) in [6.07, 6.45) is 1.58. The predicted octanol–water partition coefficient (Wildman–Crippen LogP) is 3.66. The highest BCUT2D eigenvalue weighted by molar-refractivity contribution is 8.00. The van der Waals surface area contributed by atoms with Gasteiger partial charge in [-0.2, -0.15) is 11.8 Å². The summed E-state index contributed by atoms with van der Waals surface area (Å²) in [7, 11) is 0. The fourth-order valence-electron chi connectivity index (χ4n) is 1.93. The van der Waals surface area contributed by atoms with Crippen LogP contribution in [0.3, 0.4) is 0 Å². The van der Waals surface area contributed by atoms with E-state index < -0.39 is 0 Å². The third-order valence-corrected chi connectivity index (χ3v) is 4.75. The molecule has 0 radical (unpaired) electrons. The number of halogens is 1. The van der Waals surface area contributed by atoms with E-state index in [9.17, 15) is 0 Å². The molecular formula is C13H18ClNOS. The van der Waals surface area contributed by atoms with Crippen molar-refractivity contribution >= 4 is 29.1 Å². The van der Waals surface area contributed by atoms with Crippen LogP contribution in [0.1, 0.15) is 13.3 Å². The Bertz CT molecular complexity index is 361. The Morgan fingerprint density at radius 1 is 1.47 bits per heavy atom. The molecule has 2 nitrogen and oxygen atoms in total. The van der Waals surface area contributed by atoms with Crippen molar-refractivity contribution < 1.29 is 4.74 Å². The zero-order valence-corrected chi connectivity index (χ0v) is 11.6. The molecule has 2 atom stereocenters. The monoisotopic (exact) mass is 271 g/mol. The first-order chi connectivity index (χ1) is 8.27. The third kappa shape index (κ3) is 3.80. The van der Waals surface area contributed by atoms with Crippen molar-refractivity contribution in [3.63, 3.8) is 0 Å². The number of nitrogens with one attached hydrogen (secondary N) is 1. The van der Waals surface area contributed by atoms with Crippen LogP contribution in [-0.4, -0.2) is 30.3 Å². The molecule has 1 aromatic rings. The summed E-state index contributed by atoms with van der Waals surface area (Å²) in [5.74, 6) is 1.09. The molecule has 17 heavy (non-hydrogen) atoms. The lowest BCUT2D eigenvalue weighted by Gasteiger charge is -2.14. The molecule has 1 saturated heterocycles. The zero-order chi connectivity index (χ0) is 12.1. The van der Waals surface area contributed by atoms with E-state index in [1.54, 1.807) is 0 Å². The molecule has 0 amide bonds. The Labute approximate surface area is 112 Å². The number of thioether (sulfide) groups is 1. The Balaban J connectivity index is 1.68. The fourth-order valence-corrected chi connectivity index (χ4v) is 3.27. The van der Waals surface area contributed by atoms with E-state index in [0.717, 1.165) is 29.6 Å². The van der Waals surface area contributed by atoms with E-state index >= 15 is 0 Å². The molecule has 1 aliphatic rings. The molecule has 0 aromatic heterocycles. The number of anilines is 1. The maximum Gasteiger partial charge on any atom is 0.0666 e. The van der Waals surface area contributed by atoms with Crippen molar-refractivity contribution in [1.82, 2.24) is 0 Å². The minimum atomic E-state index is 0.403. The van der Waals surface area contributed by atoms with Crippen LogP contribution in [0.15, 0.2) is 24.3 Å². The van der Waals surface area contributed by atoms with E-state index in [2.05, 4.69) is 12.2 Å². The minimum Gasteiger partial charge on any atom is -0.383 e. The second-order valence-corrected chi connectivity index (χ2v) is 5.93. The van der Waals surface area contributed by atoms with Crippen LogP contribution in [0.25, 0.3) is 0 Å². The summed E-state index contributed by atoms with van der Waals surface area (Å²) in [6.45, 7) is 4.01. The minimum absolute atomic E-state index is 0.403. The number of para-hydroxylation sites is 1. The maximum atomic E-state index is 6.06. The molecule has 0 spiro atoms. The number of ether oxygens (including phenoxy) is 1. The summed E-state index contributed by atoms with van der Waals surface area (Å²) in [6, 6.07) is 7.85. The van der Waals surface area contributed by atoms with Gasteiger partial charge < -0.3 is 10.1 Å². The van der Waals surface area contributed by atoms with Crippen LogP contribution in [0.2, 0.25) is 5.02 Å². The SMILES string of the molecule is CC1OCCC1SCCNc1ccccc1Cl. The first-order valence-electron chi connectivity index (χ1n) is 5.99. The fraction of sp³-hybridized carbons (Fsp3) is 0.538. The highest BCUT2D eigenvalue weighted by Gasteiger charge is 2.23. The summed E-state index contributed by atoms with van der Waals surface area (Å²) >= 11 is 8.05. The third-order valence-electron chi connectivity index (χ3n) is 2.93. The average Bonchev–Trinajstić information content (AvgIpc) is 2.73. The molecule has 4 heteroatoms. The molecule has 1 aromatic carbocycles. The van der Waals surface area contributed by atoms with Crippen molar-refractivity contribution in [1.29, 1.82) is 0 Å². The van der Waals surface area contributed by atoms with Crippen molar-refractivity contribution in [3.8, 4) is 0 Å². The van der Waals surface area contributed by atoms with Gasteiger partial charge in [0.25, 0.3) is 0 Å². The van der Waals surface area contributed by atoms with Crippen LogP contribution in [0.5, 0.6) is 0 Å². The number of hydrogen-bond acceptors (Lipinski definition) is 3. The van der Waals surface area contributed by atoms with Gasteiger partial charge in [0, 0.05) is 24.2 Å². The van der Waals surface area contributed by atoms with Crippen molar-refractivity contribution in [2.75, 3.05) is 24.2 Å². The number of rotatable bonds is 5. The van der Waals surface area contributed by atoms with Gasteiger partial charge in [-0.15, -0.1) is 0 Å². The van der Waals surface area contributed by atoms with Crippen molar-refractivity contribution in [3.05, 3.63) is 29.3 Å². The Morgan fingerprint density at radius 3 is 3.00 bits per heavy atom. The lowest BCUT2D eigenvalue weighted by atomic mass is 10.3. The number of benzene rings is 1. The van der Waals surface area contributed by atoms with Crippen LogP contribution in [-0.2, 0) is 4.74 Å². The molecule has 94 valence electrons. The summed E-state index contributed by atoms with van der Waals surface area (Å²) in [4.78, 5) is 0. The van der Waals surface area contributed by atoms with Crippen LogP contribution >= 0.6 is 23.4 Å². The smallest absolute Gasteiger partial charge is 0.0666 e. The highest BCUT2D eigenvalue weighted by atomic mass is 35.5. The van der Waals surface area contributed by atoms with Crippen LogP contribution < -0.4 is 5.32 Å². The van der Waals surface area contributed by atoms with Gasteiger partial charge in [-0.1, -0.05) is 23.7 Å². The molecule has 0 saturated carbocycles. The first kappa shape index (κ1) is 13.1. The van der Waals surface area contributed by atoms with Crippen LogP contribution in [0, 0.1) is 0 Å². The number of hydrogen-bond donors (Lipinski definition) is 1. The molecule has 0 aliphatic carbocycles. The predicted molar refractivity (Wildman–Crippen MR) is 76.2 cm³/mol. The van der Waals surface area contributed by atoms with Gasteiger partial charge >= 0.3 is 0 Å². The van der Waals surface area contributed by atoms with E-state index in [4.69, 9.17) is 16.3 Å². The molecule has 1 aliphatic heterocycles. The largest absolute Gasteiger partial charge is 0.383 e. The van der Waals surface area contributed by atoms with Crippen LogP contribution in [0.4, 0.5) is 5.69 Å². The van der Waals surface area contributed by atoms with E-state index in [0.29, 0.717) is 11.4 Å². The van der Waals surface area contributed by atoms with Gasteiger partial charge in [-0.25, -0.2) is 0 Å². The van der Waals surface area contributed by atoms with Gasteiger partial charge in [-0.3, -0.25) is 0 Å². The first-order valence-corrected chi connectivity index (χ1v) is 7.41. The van der Waals surface area contributed by atoms with E-state index in [1.807, 2.05) is 36.0 Å². The van der Waals surface area contributed by atoms with Gasteiger partial charge in [0.1, 0.15) is 0 Å². The van der Waals surface area contributed by atoms with E-state index in [1.165, 1.54) is 6.42 Å². The Morgan fingerprint density at radius 2 is 2.29 bits per heavy atom. The topological polar surface area (TPSA) is 21.3 Å². The van der Waals surface area contributed by atoms with Gasteiger partial charge in [-0.05, 0) is 25.5 Å². The molecule has 1 N–H and O–H groups in total. The maximum absolute atomic E-state index is 6.06. The molecule has 2 rings (SSSR count). The summed E-state index contributed by atoms with van der Waals surface area (Å²) < 4.78 is 5.54. The van der Waals surface area contributed by atoms with Crippen molar-refractivity contribution in [2.45, 2.75) is 24.7 Å². The molecule has 2 unspecified atom stereocenters. The van der Waals surface area contributed by atoms with Gasteiger partial charge in [0.2, 0.25) is 0 Å². The van der Waals surface area contributed by atoms with E-state index in [-0.39, 0.29) is 0 Å². The molecular weight excluding hydrogens is 254 g/mol. The summed E-state index contributed by atoms with van der Waals surface area (Å²) in [5, 5.41) is 4.80. The molecule has 0 bridgehead atoms. The molecule has 1 fully saturated rings. The summed E-state index contributed by atoms with van der Waals surface area (Å²) in [5.41, 5.74) is 1.02. The highest BCUT2D eigenvalue weighted by Crippen LogP contribution is 2.26. The second-order valence-electron chi connectivity index (χ2n) is 4.18. The Kier molecular flexibility index (Phi) is 5.01. The normalized spacial score (nSPS) is 23.9. The molecule has 1 heterocycles. The lowest BCUT2D eigenvalue weighted by Crippen LogP contribution is -2.16. The standard InChI is InChI=1S/C13H18ClNOS/c1-10-13(6-8-16-10)17-9-7-15-12-5-3-2-4-11(12)14/h2-5,10,13,15H,6-9H2,1H3. The zero-order valence-electron chi connectivity index (χ0n) is 9.99. The second kappa shape index (κ2) is 6.53. The van der Waals surface area contributed by atoms with Gasteiger partial charge in [0.05, 0.1) is 16.8 Å². The van der Waals surface area contributed by atoms with Crippen molar-refractivity contribution in [2.24, 2.45) is 0 Å². The average molecular weight is 272 g/mol. The Hall–Kier alpha value is -0.380.